The number of aromatic amines is 1. The fourth-order valence-corrected chi connectivity index (χ4v) is 5.01. The molecule has 208 valence electrons. The van der Waals surface area contributed by atoms with Crippen LogP contribution in [-0.2, 0) is 9.53 Å². The van der Waals surface area contributed by atoms with Crippen molar-refractivity contribution in [2.24, 2.45) is 0 Å². The zero-order chi connectivity index (χ0) is 29.4. The summed E-state index contributed by atoms with van der Waals surface area (Å²) in [6, 6.07) is 22.7. The Hall–Kier alpha value is -4.81. The van der Waals surface area contributed by atoms with Gasteiger partial charge in [0.1, 0.15) is 6.10 Å². The second kappa shape index (κ2) is 10.6. The van der Waals surface area contributed by atoms with E-state index in [1.807, 2.05) is 4.98 Å². The normalized spacial score (nSPS) is 24.5. The summed E-state index contributed by atoms with van der Waals surface area (Å²) in [7, 11) is 0. The molecule has 4 aromatic rings. The van der Waals surface area contributed by atoms with Gasteiger partial charge in [-0.1, -0.05) is 91.0 Å². The monoisotopic (exact) mass is 556 g/mol. The van der Waals surface area contributed by atoms with Crippen LogP contribution in [0.5, 0.6) is 0 Å². The van der Waals surface area contributed by atoms with Gasteiger partial charge in [0.05, 0.1) is 0 Å². The lowest BCUT2D eigenvalue weighted by atomic mass is 9.69. The number of hydrogen-bond acceptors (Lipinski definition) is 9. The first-order chi connectivity index (χ1) is 19.6. The summed E-state index contributed by atoms with van der Waals surface area (Å²) in [5, 5.41) is 35.6. The molecular formula is C30H24N2O9. The highest BCUT2D eigenvalue weighted by molar-refractivity contribution is 6.15. The fraction of sp³-hybridized carbons (Fsp3) is 0.167. The number of Topliss-reactive ketones (excluding diaryl/α,β-unsaturated/α-hetero) is 3. The number of aromatic nitrogens is 2. The van der Waals surface area contributed by atoms with E-state index >= 15 is 0 Å². The van der Waals surface area contributed by atoms with Crippen LogP contribution in [-0.4, -0.2) is 59.5 Å². The van der Waals surface area contributed by atoms with E-state index in [4.69, 9.17) is 4.74 Å². The van der Waals surface area contributed by atoms with Gasteiger partial charge in [0.25, 0.3) is 5.56 Å². The van der Waals surface area contributed by atoms with E-state index in [-0.39, 0.29) is 16.7 Å². The molecule has 0 aliphatic carbocycles. The Labute approximate surface area is 231 Å². The van der Waals surface area contributed by atoms with Gasteiger partial charge in [0, 0.05) is 23.4 Å². The number of hydrogen-bond donors (Lipinski definition) is 4. The molecule has 1 aliphatic heterocycles. The van der Waals surface area contributed by atoms with Gasteiger partial charge in [0.2, 0.25) is 22.8 Å². The zero-order valence-corrected chi connectivity index (χ0v) is 21.3. The van der Waals surface area contributed by atoms with Crippen molar-refractivity contribution in [3.63, 3.8) is 0 Å². The van der Waals surface area contributed by atoms with Crippen LogP contribution in [0.25, 0.3) is 0 Å². The molecule has 2 heterocycles. The molecule has 1 saturated heterocycles. The Bertz CT molecular complexity index is 1720. The molecule has 11 heteroatoms. The van der Waals surface area contributed by atoms with Crippen molar-refractivity contribution in [1.82, 2.24) is 9.55 Å². The molecule has 0 amide bonds. The third kappa shape index (κ3) is 4.46. The van der Waals surface area contributed by atoms with Gasteiger partial charge in [-0.15, -0.1) is 0 Å². The minimum atomic E-state index is -3.37. The number of aliphatic hydroxyl groups excluding tert-OH is 1. The number of aliphatic hydroxyl groups is 3. The summed E-state index contributed by atoms with van der Waals surface area (Å²) < 4.78 is 6.37. The molecule has 5 atom stereocenters. The Kier molecular flexibility index (Phi) is 7.20. The smallest absolute Gasteiger partial charge is 0.330 e. The molecule has 0 spiro atoms. The van der Waals surface area contributed by atoms with Crippen molar-refractivity contribution in [3.8, 4) is 0 Å². The summed E-state index contributed by atoms with van der Waals surface area (Å²) >= 11 is 0. The van der Waals surface area contributed by atoms with Crippen molar-refractivity contribution in [1.29, 1.82) is 0 Å². The second-order valence-electron chi connectivity index (χ2n) is 9.52. The van der Waals surface area contributed by atoms with Crippen molar-refractivity contribution in [3.05, 3.63) is 141 Å². The van der Waals surface area contributed by atoms with Crippen molar-refractivity contribution >= 4 is 17.3 Å². The summed E-state index contributed by atoms with van der Waals surface area (Å²) in [5.41, 5.74) is -8.96. The van der Waals surface area contributed by atoms with Crippen LogP contribution in [0.2, 0.25) is 0 Å². The van der Waals surface area contributed by atoms with Crippen LogP contribution in [0.3, 0.4) is 0 Å². The van der Waals surface area contributed by atoms with E-state index in [9.17, 15) is 39.3 Å². The Morgan fingerprint density at radius 2 is 1.24 bits per heavy atom. The van der Waals surface area contributed by atoms with Gasteiger partial charge in [-0.25, -0.2) is 4.79 Å². The zero-order valence-electron chi connectivity index (χ0n) is 21.3. The number of nitrogens with zero attached hydrogens (tertiary/aromatic N) is 1. The van der Waals surface area contributed by atoms with Crippen LogP contribution in [0.15, 0.2) is 113 Å². The van der Waals surface area contributed by atoms with Gasteiger partial charge in [-0.05, 0) is 5.56 Å². The average molecular weight is 557 g/mol. The van der Waals surface area contributed by atoms with Gasteiger partial charge < -0.3 is 20.1 Å². The van der Waals surface area contributed by atoms with E-state index in [1.165, 1.54) is 60.7 Å². The molecular weight excluding hydrogens is 532 g/mol. The molecule has 1 fully saturated rings. The van der Waals surface area contributed by atoms with E-state index in [1.54, 1.807) is 30.3 Å². The molecule has 0 radical (unpaired) electrons. The van der Waals surface area contributed by atoms with Crippen molar-refractivity contribution in [2.45, 2.75) is 29.6 Å². The molecule has 3 aromatic carbocycles. The lowest BCUT2D eigenvalue weighted by Crippen LogP contribution is -2.68. The first-order valence-corrected chi connectivity index (χ1v) is 12.5. The molecule has 0 saturated carbocycles. The van der Waals surface area contributed by atoms with Crippen molar-refractivity contribution < 1.29 is 34.4 Å². The molecule has 11 nitrogen and oxygen atoms in total. The third-order valence-corrected chi connectivity index (χ3v) is 7.09. The van der Waals surface area contributed by atoms with E-state index < -0.39 is 58.2 Å². The first kappa shape index (κ1) is 27.7. The highest BCUT2D eigenvalue weighted by atomic mass is 16.6. The summed E-state index contributed by atoms with van der Waals surface area (Å²) in [4.78, 5) is 68.6. The van der Waals surface area contributed by atoms with E-state index in [0.29, 0.717) is 4.57 Å². The fourth-order valence-electron chi connectivity index (χ4n) is 5.01. The van der Waals surface area contributed by atoms with Gasteiger partial charge in [-0.2, -0.15) is 0 Å². The van der Waals surface area contributed by atoms with Crippen LogP contribution in [0.1, 0.15) is 38.6 Å². The highest BCUT2D eigenvalue weighted by Gasteiger charge is 2.75. The molecule has 1 unspecified atom stereocenters. The molecule has 0 bridgehead atoms. The SMILES string of the molecule is O=C(C(O)c1ccccc1)[C@H]1O[C@@H](n2ccc(=O)[nH]c2=O)[C@@](O)(C(=O)c2ccccc2)[C@]1(O)C(=O)c1ccccc1. The van der Waals surface area contributed by atoms with Crippen LogP contribution in [0.4, 0.5) is 0 Å². The second-order valence-corrected chi connectivity index (χ2v) is 9.52. The van der Waals surface area contributed by atoms with Crippen LogP contribution in [0, 0.1) is 0 Å². The number of nitrogens with one attached hydrogen (secondary N) is 1. The number of carbonyl (C=O) groups excluding carboxylic acids is 3. The van der Waals surface area contributed by atoms with Gasteiger partial charge in [0.15, 0.2) is 18.1 Å². The van der Waals surface area contributed by atoms with E-state index in [2.05, 4.69) is 0 Å². The minimum absolute atomic E-state index is 0.0817. The summed E-state index contributed by atoms with van der Waals surface area (Å²) in [6.07, 6.45) is -5.62. The number of ketones is 3. The average Bonchev–Trinajstić information content (AvgIpc) is 3.25. The predicted octanol–water partition coefficient (Wildman–Crippen LogP) is 0.965. The largest absolute Gasteiger partial charge is 0.380 e. The Balaban J connectivity index is 1.78. The number of rotatable bonds is 8. The lowest BCUT2D eigenvalue weighted by molar-refractivity contribution is -0.148. The molecule has 5 rings (SSSR count). The van der Waals surface area contributed by atoms with Crippen LogP contribution >= 0.6 is 0 Å². The summed E-state index contributed by atoms with van der Waals surface area (Å²) in [6.45, 7) is 0. The van der Waals surface area contributed by atoms with Gasteiger partial charge >= 0.3 is 5.69 Å². The number of benzene rings is 3. The highest BCUT2D eigenvalue weighted by Crippen LogP contribution is 2.50. The Morgan fingerprint density at radius 1 is 0.756 bits per heavy atom. The third-order valence-electron chi connectivity index (χ3n) is 7.09. The van der Waals surface area contributed by atoms with Crippen molar-refractivity contribution in [2.75, 3.05) is 0 Å². The van der Waals surface area contributed by atoms with Gasteiger partial charge in [-0.3, -0.25) is 28.7 Å². The Morgan fingerprint density at radius 3 is 1.76 bits per heavy atom. The minimum Gasteiger partial charge on any atom is -0.380 e. The molecule has 1 aromatic heterocycles. The van der Waals surface area contributed by atoms with Crippen LogP contribution < -0.4 is 11.2 Å². The maximum absolute atomic E-state index is 14.1. The number of H-pyrrole nitrogens is 1. The molecule has 41 heavy (non-hydrogen) atoms. The number of carbonyl (C=O) groups is 3. The molecule has 1 aliphatic rings. The first-order valence-electron chi connectivity index (χ1n) is 12.5. The van der Waals surface area contributed by atoms with E-state index in [0.717, 1.165) is 12.3 Å². The maximum Gasteiger partial charge on any atom is 0.330 e. The maximum atomic E-state index is 14.1. The summed E-state index contributed by atoms with van der Waals surface area (Å²) in [5.74, 6) is -3.79. The lowest BCUT2D eigenvalue weighted by Gasteiger charge is -2.38. The quantitative estimate of drug-likeness (QED) is 0.230. The standard InChI is InChI=1S/C30H24N2O9/c33-21-16-17-32(28(38)31-21)27-30(40,25(37)20-14-8-3-9-15-20)29(39,24(36)19-12-6-2-7-13-19)26(41-27)23(35)22(34)18-10-4-1-5-11-18/h1-17,22,26-27,34,39-40H,(H,31,33,38)/t22?,26-,27-,29+,30+/m1/s1. The number of ether oxygens (including phenoxy) is 1. The molecule has 4 N–H and O–H groups in total. The predicted molar refractivity (Wildman–Crippen MR) is 143 cm³/mol. The topological polar surface area (TPSA) is 176 Å².